The Balaban J connectivity index is 1.56. The van der Waals surface area contributed by atoms with Gasteiger partial charge >= 0.3 is 0 Å². The van der Waals surface area contributed by atoms with E-state index in [-0.39, 0.29) is 18.5 Å². The average molecular weight is 359 g/mol. The van der Waals surface area contributed by atoms with Gasteiger partial charge in [0.25, 0.3) is 5.91 Å². The van der Waals surface area contributed by atoms with Crippen LogP contribution in [0.5, 0.6) is 11.5 Å². The van der Waals surface area contributed by atoms with Crippen molar-refractivity contribution in [3.05, 3.63) is 47.4 Å². The van der Waals surface area contributed by atoms with Crippen LogP contribution in [0.4, 0.5) is 0 Å². The van der Waals surface area contributed by atoms with Crippen LogP contribution < -0.4 is 20.5 Å². The number of nitrogens with two attached hydrogens (primary N) is 1. The van der Waals surface area contributed by atoms with E-state index in [1.54, 1.807) is 20.3 Å². The van der Waals surface area contributed by atoms with Crippen molar-refractivity contribution in [1.29, 1.82) is 0 Å². The van der Waals surface area contributed by atoms with Gasteiger partial charge in [0.05, 0.1) is 26.3 Å². The summed E-state index contributed by atoms with van der Waals surface area (Å²) in [5.74, 6) is 2.04. The summed E-state index contributed by atoms with van der Waals surface area (Å²) in [7, 11) is 3.29. The molecule has 1 atom stereocenters. The number of rotatable bonds is 7. The Morgan fingerprint density at radius 3 is 2.62 bits per heavy atom. The molecule has 7 heteroatoms. The summed E-state index contributed by atoms with van der Waals surface area (Å²) in [4.78, 5) is 14.6. The predicted molar refractivity (Wildman–Crippen MR) is 97.3 cm³/mol. The van der Waals surface area contributed by atoms with Gasteiger partial charge in [0.15, 0.2) is 0 Å². The highest BCUT2D eigenvalue weighted by Crippen LogP contribution is 2.24. The average Bonchev–Trinajstić information content (AvgIpc) is 3.30. The lowest BCUT2D eigenvalue weighted by molar-refractivity contribution is 0.0937. The Morgan fingerprint density at radius 1 is 1.27 bits per heavy atom. The third-order valence-corrected chi connectivity index (χ3v) is 4.54. The largest absolute Gasteiger partial charge is 0.497 e. The molecule has 0 bridgehead atoms. The highest BCUT2D eigenvalue weighted by Gasteiger charge is 2.25. The fourth-order valence-corrected chi connectivity index (χ4v) is 3.19. The normalized spacial score (nSPS) is 17.3. The fraction of sp³-hybridized carbons (Fsp3) is 0.421. The van der Waals surface area contributed by atoms with Gasteiger partial charge in [-0.3, -0.25) is 9.69 Å². The number of amides is 1. The van der Waals surface area contributed by atoms with E-state index in [0.717, 1.165) is 43.1 Å². The van der Waals surface area contributed by atoms with Gasteiger partial charge in [0.1, 0.15) is 23.5 Å². The third kappa shape index (κ3) is 4.36. The minimum Gasteiger partial charge on any atom is -0.497 e. The van der Waals surface area contributed by atoms with Crippen molar-refractivity contribution < 1.29 is 18.7 Å². The summed E-state index contributed by atoms with van der Waals surface area (Å²) in [5, 5.41) is 3.06. The Labute approximate surface area is 153 Å². The second-order valence-electron chi connectivity index (χ2n) is 6.42. The maximum Gasteiger partial charge on any atom is 0.254 e. The van der Waals surface area contributed by atoms with E-state index >= 15 is 0 Å². The molecule has 140 valence electrons. The first kappa shape index (κ1) is 18.3. The second kappa shape index (κ2) is 8.25. The number of nitrogens with zero attached hydrogens (tertiary/aromatic N) is 1. The van der Waals surface area contributed by atoms with Crippen LogP contribution in [0.3, 0.4) is 0 Å². The molecule has 1 aliphatic heterocycles. The van der Waals surface area contributed by atoms with E-state index in [0.29, 0.717) is 11.3 Å². The molecule has 0 spiro atoms. The van der Waals surface area contributed by atoms with Crippen molar-refractivity contribution in [2.45, 2.75) is 25.6 Å². The van der Waals surface area contributed by atoms with Crippen molar-refractivity contribution >= 4 is 5.91 Å². The van der Waals surface area contributed by atoms with Gasteiger partial charge in [0, 0.05) is 31.7 Å². The maximum atomic E-state index is 12.3. The quantitative estimate of drug-likeness (QED) is 0.783. The zero-order valence-electron chi connectivity index (χ0n) is 15.2. The summed E-state index contributed by atoms with van der Waals surface area (Å²) >= 11 is 0. The Bertz CT molecular complexity index is 737. The molecular weight excluding hydrogens is 334 g/mol. The smallest absolute Gasteiger partial charge is 0.254 e. The fourth-order valence-electron chi connectivity index (χ4n) is 3.19. The molecule has 1 unspecified atom stereocenters. The monoisotopic (exact) mass is 359 g/mol. The zero-order chi connectivity index (χ0) is 18.5. The molecule has 3 rings (SSSR count). The summed E-state index contributed by atoms with van der Waals surface area (Å²) in [6.07, 6.45) is 2.36. The van der Waals surface area contributed by atoms with Crippen LogP contribution in [0, 0.1) is 0 Å². The number of hydrogen-bond acceptors (Lipinski definition) is 6. The molecule has 26 heavy (non-hydrogen) atoms. The molecular formula is C19H25N3O4. The van der Waals surface area contributed by atoms with Gasteiger partial charge in [-0.05, 0) is 30.2 Å². The second-order valence-corrected chi connectivity index (χ2v) is 6.42. The van der Waals surface area contributed by atoms with E-state index in [2.05, 4.69) is 10.2 Å². The van der Waals surface area contributed by atoms with Crippen LogP contribution in [0.15, 0.2) is 34.9 Å². The first-order valence-electron chi connectivity index (χ1n) is 8.64. The first-order chi connectivity index (χ1) is 12.6. The van der Waals surface area contributed by atoms with Crippen molar-refractivity contribution in [3.63, 3.8) is 0 Å². The lowest BCUT2D eigenvalue weighted by Crippen LogP contribution is -2.36. The number of likely N-dealkylation sites (tertiary alicyclic amines) is 1. The van der Waals surface area contributed by atoms with Crippen LogP contribution in [-0.4, -0.2) is 44.2 Å². The van der Waals surface area contributed by atoms with Gasteiger partial charge in [0.2, 0.25) is 0 Å². The van der Waals surface area contributed by atoms with E-state index in [1.807, 2.05) is 18.2 Å². The molecule has 0 aliphatic carbocycles. The van der Waals surface area contributed by atoms with Gasteiger partial charge < -0.3 is 24.9 Å². The van der Waals surface area contributed by atoms with Crippen LogP contribution in [-0.2, 0) is 13.1 Å². The van der Waals surface area contributed by atoms with Crippen molar-refractivity contribution in [3.8, 4) is 11.5 Å². The van der Waals surface area contributed by atoms with Crippen molar-refractivity contribution in [2.24, 2.45) is 5.73 Å². The third-order valence-electron chi connectivity index (χ3n) is 4.54. The van der Waals surface area contributed by atoms with E-state index in [9.17, 15) is 4.79 Å². The number of methoxy groups -OCH3 is 2. The molecule has 0 saturated carbocycles. The molecule has 0 radical (unpaired) electrons. The number of nitrogens with one attached hydrogen (secondary N) is 1. The summed E-state index contributed by atoms with van der Waals surface area (Å²) < 4.78 is 15.9. The Morgan fingerprint density at radius 2 is 2.00 bits per heavy atom. The number of benzene rings is 1. The van der Waals surface area contributed by atoms with E-state index in [1.165, 1.54) is 6.26 Å². The summed E-state index contributed by atoms with van der Waals surface area (Å²) in [6.45, 7) is 2.79. The summed E-state index contributed by atoms with van der Waals surface area (Å²) in [6, 6.07) is 7.68. The Hall–Kier alpha value is -2.51. The van der Waals surface area contributed by atoms with Gasteiger partial charge in [-0.2, -0.15) is 0 Å². The lowest BCUT2D eigenvalue weighted by atomic mass is 10.2. The zero-order valence-corrected chi connectivity index (χ0v) is 15.2. The lowest BCUT2D eigenvalue weighted by Gasteiger charge is -2.17. The highest BCUT2D eigenvalue weighted by molar-refractivity contribution is 5.94. The minimum absolute atomic E-state index is 0.117. The van der Waals surface area contributed by atoms with Crippen LogP contribution in [0.1, 0.15) is 28.1 Å². The van der Waals surface area contributed by atoms with Gasteiger partial charge in [-0.1, -0.05) is 0 Å². The van der Waals surface area contributed by atoms with Crippen LogP contribution in [0.25, 0.3) is 0 Å². The number of furan rings is 1. The van der Waals surface area contributed by atoms with E-state index < -0.39 is 0 Å². The molecule has 1 amide bonds. The number of carbonyl (C=O) groups is 1. The number of carbonyl (C=O) groups excluding carboxylic acids is 1. The standard InChI is InChI=1S/C19H25N3O4/c1-24-16-5-13(6-17(8-16)25-2)10-22-4-3-15(11-22)21-19(23)14-7-18(9-20)26-12-14/h5-8,12,15H,3-4,9-11,20H2,1-2H3,(H,21,23). The SMILES string of the molecule is COc1cc(CN2CCC(NC(=O)c3coc(CN)c3)C2)cc(OC)c1. The molecule has 1 fully saturated rings. The number of ether oxygens (including phenoxy) is 2. The number of hydrogen-bond donors (Lipinski definition) is 2. The van der Waals surface area contributed by atoms with Crippen LogP contribution in [0.2, 0.25) is 0 Å². The first-order valence-corrected chi connectivity index (χ1v) is 8.64. The summed E-state index contributed by atoms with van der Waals surface area (Å²) in [5.41, 5.74) is 7.15. The molecule has 2 aromatic rings. The molecule has 3 N–H and O–H groups in total. The molecule has 1 aliphatic rings. The maximum absolute atomic E-state index is 12.3. The Kier molecular flexibility index (Phi) is 5.80. The molecule has 1 saturated heterocycles. The molecule has 1 aromatic heterocycles. The molecule has 2 heterocycles. The molecule has 1 aromatic carbocycles. The van der Waals surface area contributed by atoms with Crippen molar-refractivity contribution in [1.82, 2.24) is 10.2 Å². The predicted octanol–water partition coefficient (Wildman–Crippen LogP) is 1.76. The van der Waals surface area contributed by atoms with Gasteiger partial charge in [-0.25, -0.2) is 0 Å². The van der Waals surface area contributed by atoms with Gasteiger partial charge in [-0.15, -0.1) is 0 Å². The highest BCUT2D eigenvalue weighted by atomic mass is 16.5. The minimum atomic E-state index is -0.122. The topological polar surface area (TPSA) is 90.0 Å². The van der Waals surface area contributed by atoms with E-state index in [4.69, 9.17) is 19.6 Å². The molecule has 7 nitrogen and oxygen atoms in total. The van der Waals surface area contributed by atoms with Crippen molar-refractivity contribution in [2.75, 3.05) is 27.3 Å². The van der Waals surface area contributed by atoms with Crippen LogP contribution >= 0.6 is 0 Å².